The van der Waals surface area contributed by atoms with Gasteiger partial charge in [0, 0.05) is 18.5 Å². The van der Waals surface area contributed by atoms with Gasteiger partial charge in [-0.3, -0.25) is 10.1 Å². The van der Waals surface area contributed by atoms with Crippen LogP contribution in [0.5, 0.6) is 5.75 Å². The third-order valence-electron chi connectivity index (χ3n) is 5.43. The van der Waals surface area contributed by atoms with Gasteiger partial charge in [0.05, 0.1) is 7.11 Å². The standard InChI is InChI=1S/C17H22N2O2/c1-21-13-8-6-12(7-9-13)17-11-10-16(20)19(17)15-5-3-2-4-14(15)18-17/h6-9,14-15,18H,2-5,10-11H2,1H3/t14-,15+,17-/m0/s1. The molecule has 2 heterocycles. The molecule has 1 aromatic rings. The number of benzene rings is 1. The van der Waals surface area contributed by atoms with E-state index in [1.54, 1.807) is 7.11 Å². The molecule has 1 N–H and O–H groups in total. The molecule has 2 saturated heterocycles. The Morgan fingerprint density at radius 1 is 1.24 bits per heavy atom. The highest BCUT2D eigenvalue weighted by molar-refractivity contribution is 5.81. The molecular formula is C17H22N2O2. The van der Waals surface area contributed by atoms with Crippen LogP contribution in [0.25, 0.3) is 0 Å². The van der Waals surface area contributed by atoms with Crippen molar-refractivity contribution in [3.8, 4) is 5.75 Å². The van der Waals surface area contributed by atoms with Gasteiger partial charge in [0.1, 0.15) is 11.4 Å². The molecule has 4 nitrogen and oxygen atoms in total. The molecule has 0 aromatic heterocycles. The molecule has 21 heavy (non-hydrogen) atoms. The van der Waals surface area contributed by atoms with Crippen molar-refractivity contribution >= 4 is 5.91 Å². The van der Waals surface area contributed by atoms with Crippen LogP contribution < -0.4 is 10.1 Å². The Kier molecular flexibility index (Phi) is 2.96. The summed E-state index contributed by atoms with van der Waals surface area (Å²) >= 11 is 0. The largest absolute Gasteiger partial charge is 0.497 e. The van der Waals surface area contributed by atoms with Crippen LogP contribution in [0, 0.1) is 0 Å². The van der Waals surface area contributed by atoms with Crippen molar-refractivity contribution in [1.29, 1.82) is 0 Å². The van der Waals surface area contributed by atoms with E-state index >= 15 is 0 Å². The van der Waals surface area contributed by atoms with Crippen LogP contribution in [0.3, 0.4) is 0 Å². The average Bonchev–Trinajstić information content (AvgIpc) is 3.03. The number of nitrogens with zero attached hydrogens (tertiary/aromatic N) is 1. The fraction of sp³-hybridized carbons (Fsp3) is 0.588. The lowest BCUT2D eigenvalue weighted by Crippen LogP contribution is -2.47. The molecule has 2 aliphatic heterocycles. The van der Waals surface area contributed by atoms with Crippen molar-refractivity contribution in [2.45, 2.75) is 56.3 Å². The Morgan fingerprint density at radius 2 is 2.00 bits per heavy atom. The Hall–Kier alpha value is -1.55. The summed E-state index contributed by atoms with van der Waals surface area (Å²) in [5.41, 5.74) is 0.923. The number of hydrogen-bond acceptors (Lipinski definition) is 3. The van der Waals surface area contributed by atoms with E-state index in [4.69, 9.17) is 4.74 Å². The molecule has 1 saturated carbocycles. The quantitative estimate of drug-likeness (QED) is 0.907. The first-order valence-electron chi connectivity index (χ1n) is 7.99. The molecule has 1 aromatic carbocycles. The minimum Gasteiger partial charge on any atom is -0.497 e. The number of fused-ring (bicyclic) bond motifs is 3. The molecule has 4 rings (SSSR count). The summed E-state index contributed by atoms with van der Waals surface area (Å²) in [5, 5.41) is 3.82. The Morgan fingerprint density at radius 3 is 2.76 bits per heavy atom. The lowest BCUT2D eigenvalue weighted by molar-refractivity contribution is -0.132. The van der Waals surface area contributed by atoms with E-state index in [0.29, 0.717) is 24.4 Å². The smallest absolute Gasteiger partial charge is 0.224 e. The van der Waals surface area contributed by atoms with Gasteiger partial charge in [0.25, 0.3) is 0 Å². The van der Waals surface area contributed by atoms with E-state index in [9.17, 15) is 4.79 Å². The molecule has 3 aliphatic rings. The SMILES string of the molecule is COc1ccc([C@]23CCC(=O)N2[C@@H]2CCCC[C@@H]2N3)cc1. The van der Waals surface area contributed by atoms with Gasteiger partial charge < -0.3 is 9.64 Å². The summed E-state index contributed by atoms with van der Waals surface area (Å²) in [6, 6.07) is 9.05. The second kappa shape index (κ2) is 4.73. The van der Waals surface area contributed by atoms with Gasteiger partial charge in [0.2, 0.25) is 5.91 Å². The highest BCUT2D eigenvalue weighted by atomic mass is 16.5. The van der Waals surface area contributed by atoms with Gasteiger partial charge in [-0.15, -0.1) is 0 Å². The zero-order valence-corrected chi connectivity index (χ0v) is 12.5. The van der Waals surface area contributed by atoms with Crippen LogP contribution in [-0.4, -0.2) is 30.0 Å². The number of rotatable bonds is 2. The Bertz CT molecular complexity index is 556. The number of carbonyl (C=O) groups is 1. The van der Waals surface area contributed by atoms with Crippen molar-refractivity contribution in [2.75, 3.05) is 7.11 Å². The van der Waals surface area contributed by atoms with Crippen LogP contribution in [0.4, 0.5) is 0 Å². The Labute approximate surface area is 125 Å². The highest BCUT2D eigenvalue weighted by Crippen LogP contribution is 2.47. The summed E-state index contributed by atoms with van der Waals surface area (Å²) in [6.07, 6.45) is 6.38. The van der Waals surface area contributed by atoms with E-state index in [1.807, 2.05) is 12.1 Å². The molecule has 0 bridgehead atoms. The summed E-state index contributed by atoms with van der Waals surface area (Å²) < 4.78 is 5.26. The topological polar surface area (TPSA) is 41.6 Å². The fourth-order valence-electron chi connectivity index (χ4n) is 4.48. The van der Waals surface area contributed by atoms with Gasteiger partial charge in [-0.05, 0) is 37.0 Å². The van der Waals surface area contributed by atoms with Crippen molar-refractivity contribution in [3.63, 3.8) is 0 Å². The fourth-order valence-corrected chi connectivity index (χ4v) is 4.48. The van der Waals surface area contributed by atoms with Crippen LogP contribution >= 0.6 is 0 Å². The number of ether oxygens (including phenoxy) is 1. The number of hydrogen-bond donors (Lipinski definition) is 1. The molecule has 112 valence electrons. The molecule has 0 unspecified atom stereocenters. The normalized spacial score (nSPS) is 34.7. The van der Waals surface area contributed by atoms with Crippen molar-refractivity contribution in [3.05, 3.63) is 29.8 Å². The van der Waals surface area contributed by atoms with E-state index in [2.05, 4.69) is 22.3 Å². The summed E-state index contributed by atoms with van der Waals surface area (Å²) in [5.74, 6) is 1.18. The predicted molar refractivity (Wildman–Crippen MR) is 79.9 cm³/mol. The molecule has 1 amide bonds. The minimum atomic E-state index is -0.275. The zero-order chi connectivity index (χ0) is 14.4. The van der Waals surface area contributed by atoms with Crippen LogP contribution in [-0.2, 0) is 10.5 Å². The first-order valence-corrected chi connectivity index (χ1v) is 7.99. The van der Waals surface area contributed by atoms with E-state index in [1.165, 1.54) is 24.8 Å². The first kappa shape index (κ1) is 13.1. The lowest BCUT2D eigenvalue weighted by atomic mass is 9.91. The number of methoxy groups -OCH3 is 1. The molecule has 3 fully saturated rings. The summed E-state index contributed by atoms with van der Waals surface area (Å²) in [6.45, 7) is 0. The van der Waals surface area contributed by atoms with Crippen molar-refractivity contribution < 1.29 is 9.53 Å². The second-order valence-corrected chi connectivity index (χ2v) is 6.46. The van der Waals surface area contributed by atoms with Gasteiger partial charge in [-0.2, -0.15) is 0 Å². The van der Waals surface area contributed by atoms with Gasteiger partial charge in [0.15, 0.2) is 0 Å². The molecule has 4 heteroatoms. The lowest BCUT2D eigenvalue weighted by Gasteiger charge is -2.35. The van der Waals surface area contributed by atoms with Crippen LogP contribution in [0.2, 0.25) is 0 Å². The van der Waals surface area contributed by atoms with Crippen LogP contribution in [0.15, 0.2) is 24.3 Å². The first-order chi connectivity index (χ1) is 10.2. The van der Waals surface area contributed by atoms with Gasteiger partial charge in [-0.25, -0.2) is 0 Å². The van der Waals surface area contributed by atoms with Gasteiger partial charge >= 0.3 is 0 Å². The third kappa shape index (κ3) is 1.81. The van der Waals surface area contributed by atoms with E-state index in [-0.39, 0.29) is 5.66 Å². The molecule has 3 atom stereocenters. The average molecular weight is 286 g/mol. The second-order valence-electron chi connectivity index (χ2n) is 6.46. The Balaban J connectivity index is 1.74. The maximum absolute atomic E-state index is 12.5. The highest BCUT2D eigenvalue weighted by Gasteiger charge is 2.57. The number of carbonyl (C=O) groups excluding carboxylic acids is 1. The van der Waals surface area contributed by atoms with E-state index in [0.717, 1.165) is 18.6 Å². The monoisotopic (exact) mass is 286 g/mol. The van der Waals surface area contributed by atoms with Crippen molar-refractivity contribution in [2.24, 2.45) is 0 Å². The van der Waals surface area contributed by atoms with Gasteiger partial charge in [-0.1, -0.05) is 25.0 Å². The van der Waals surface area contributed by atoms with Crippen LogP contribution in [0.1, 0.15) is 44.1 Å². The maximum atomic E-state index is 12.5. The third-order valence-corrected chi connectivity index (χ3v) is 5.43. The molecule has 1 aliphatic carbocycles. The molecule has 0 spiro atoms. The number of amides is 1. The maximum Gasteiger partial charge on any atom is 0.224 e. The summed E-state index contributed by atoms with van der Waals surface area (Å²) in [7, 11) is 1.68. The van der Waals surface area contributed by atoms with E-state index < -0.39 is 0 Å². The predicted octanol–water partition coefficient (Wildman–Crippen LogP) is 2.38. The van der Waals surface area contributed by atoms with Crippen molar-refractivity contribution in [1.82, 2.24) is 10.2 Å². The molecule has 0 radical (unpaired) electrons. The number of nitrogens with one attached hydrogen (secondary N) is 1. The zero-order valence-electron chi connectivity index (χ0n) is 12.5. The molecular weight excluding hydrogens is 264 g/mol. The summed E-state index contributed by atoms with van der Waals surface area (Å²) in [4.78, 5) is 14.6. The minimum absolute atomic E-state index is 0.275.